The molecule has 1 unspecified atom stereocenters. The summed E-state index contributed by atoms with van der Waals surface area (Å²) in [5.74, 6) is -1.80. The number of halogens is 1. The molecule has 1 aliphatic carbocycles. The lowest BCUT2D eigenvalue weighted by Gasteiger charge is -2.19. The van der Waals surface area contributed by atoms with Crippen LogP contribution < -0.4 is 10.1 Å². The van der Waals surface area contributed by atoms with E-state index >= 15 is 0 Å². The second-order valence-corrected chi connectivity index (χ2v) is 8.20. The van der Waals surface area contributed by atoms with Crippen LogP contribution in [0.5, 0.6) is 11.5 Å². The van der Waals surface area contributed by atoms with Crippen LogP contribution in [0.15, 0.2) is 65.1 Å². The van der Waals surface area contributed by atoms with Crippen molar-refractivity contribution in [3.05, 3.63) is 81.8 Å². The molecule has 0 aliphatic heterocycles. The minimum atomic E-state index is -1.53. The molecule has 3 N–H and O–H groups in total. The summed E-state index contributed by atoms with van der Waals surface area (Å²) >= 11 is 3.25. The number of nitrogens with one attached hydrogen (secondary N) is 1. The molecule has 0 spiro atoms. The normalized spacial score (nSPS) is 13.1. The van der Waals surface area contributed by atoms with Gasteiger partial charge in [-0.25, -0.2) is 9.59 Å². The van der Waals surface area contributed by atoms with E-state index in [4.69, 9.17) is 9.47 Å². The predicted molar refractivity (Wildman–Crippen MR) is 121 cm³/mol. The molecule has 0 aromatic heterocycles. The first-order valence-corrected chi connectivity index (χ1v) is 10.6. The summed E-state index contributed by atoms with van der Waals surface area (Å²) < 4.78 is 11.0. The van der Waals surface area contributed by atoms with Gasteiger partial charge in [0.2, 0.25) is 0 Å². The molecule has 3 aromatic rings. The Morgan fingerprint density at radius 1 is 1.06 bits per heavy atom. The zero-order valence-corrected chi connectivity index (χ0v) is 18.6. The summed E-state index contributed by atoms with van der Waals surface area (Å²) in [5, 5.41) is 22.3. The van der Waals surface area contributed by atoms with Gasteiger partial charge in [0.15, 0.2) is 17.5 Å². The van der Waals surface area contributed by atoms with Crippen molar-refractivity contribution >= 4 is 28.0 Å². The van der Waals surface area contributed by atoms with Crippen LogP contribution in [0.4, 0.5) is 4.79 Å². The Morgan fingerprint density at radius 3 is 2.22 bits per heavy atom. The number of amides is 1. The number of carboxylic acid groups (broad SMARTS) is 1. The minimum absolute atomic E-state index is 0.0303. The number of phenolic OH excluding ortho intramolecular Hbond substituents is 1. The van der Waals surface area contributed by atoms with E-state index in [1.165, 1.54) is 19.2 Å². The Morgan fingerprint density at radius 2 is 1.66 bits per heavy atom. The number of carbonyl (C=O) groups excluding carboxylic acids is 1. The predicted octanol–water partition coefficient (Wildman–Crippen LogP) is 4.83. The molecule has 1 atom stereocenters. The minimum Gasteiger partial charge on any atom is -0.504 e. The van der Waals surface area contributed by atoms with Crippen molar-refractivity contribution in [2.24, 2.45) is 0 Å². The third-order valence-corrected chi connectivity index (χ3v) is 5.91. The summed E-state index contributed by atoms with van der Waals surface area (Å²) in [6.45, 7) is 0.0417. The molecule has 0 saturated carbocycles. The van der Waals surface area contributed by atoms with Gasteiger partial charge in [-0.15, -0.1) is 0 Å². The molecule has 32 heavy (non-hydrogen) atoms. The number of phenols is 1. The van der Waals surface area contributed by atoms with E-state index < -0.39 is 18.1 Å². The van der Waals surface area contributed by atoms with E-state index in [0.717, 1.165) is 22.3 Å². The maximum atomic E-state index is 12.5. The van der Waals surface area contributed by atoms with Crippen LogP contribution in [-0.2, 0) is 9.53 Å². The fourth-order valence-corrected chi connectivity index (χ4v) is 4.46. The average molecular weight is 498 g/mol. The number of rotatable bonds is 6. The van der Waals surface area contributed by atoms with Gasteiger partial charge in [0.25, 0.3) is 0 Å². The molecule has 4 rings (SSSR count). The Hall–Kier alpha value is -3.52. The molecule has 1 amide bonds. The van der Waals surface area contributed by atoms with Crippen LogP contribution in [0.25, 0.3) is 11.1 Å². The summed E-state index contributed by atoms with van der Waals surface area (Å²) in [5.41, 5.74) is 4.24. The van der Waals surface area contributed by atoms with Crippen molar-refractivity contribution in [1.82, 2.24) is 5.32 Å². The number of benzene rings is 3. The average Bonchev–Trinajstić information content (AvgIpc) is 3.11. The lowest BCUT2D eigenvalue weighted by Crippen LogP contribution is -2.35. The number of carbonyl (C=O) groups is 2. The molecule has 0 heterocycles. The number of ether oxygens (including phenoxy) is 2. The van der Waals surface area contributed by atoms with Gasteiger partial charge in [-0.05, 0) is 34.4 Å². The van der Waals surface area contributed by atoms with Gasteiger partial charge in [0.1, 0.15) is 6.61 Å². The summed E-state index contributed by atoms with van der Waals surface area (Å²) in [6, 6.07) is 17.2. The van der Waals surface area contributed by atoms with Crippen LogP contribution in [0.2, 0.25) is 0 Å². The number of methoxy groups -OCH3 is 1. The highest BCUT2D eigenvalue weighted by Crippen LogP contribution is 2.44. The van der Waals surface area contributed by atoms with Crippen molar-refractivity contribution in [2.45, 2.75) is 12.0 Å². The quantitative estimate of drug-likeness (QED) is 0.450. The lowest BCUT2D eigenvalue weighted by molar-refractivity contribution is -0.139. The standard InChI is InChI=1S/C24H20BrNO6/c1-31-20-11-13(25)10-18(22(20)27)21(23(28)29)26-24(30)32-12-19-16-8-4-2-6-14(16)15-7-3-5-9-17(15)19/h2-11,19,21,27H,12H2,1H3,(H,26,30)(H,28,29). The molecule has 0 saturated heterocycles. The first-order chi connectivity index (χ1) is 15.4. The van der Waals surface area contributed by atoms with Crippen LogP contribution in [0.1, 0.15) is 28.7 Å². The third-order valence-electron chi connectivity index (χ3n) is 5.45. The van der Waals surface area contributed by atoms with Crippen molar-refractivity contribution in [2.75, 3.05) is 13.7 Å². The zero-order chi connectivity index (χ0) is 22.8. The van der Waals surface area contributed by atoms with E-state index in [0.29, 0.717) is 4.47 Å². The Balaban J connectivity index is 1.53. The Bertz CT molecular complexity index is 1150. The van der Waals surface area contributed by atoms with Gasteiger partial charge in [-0.1, -0.05) is 64.5 Å². The first kappa shape index (κ1) is 21.7. The maximum absolute atomic E-state index is 12.5. The molecular weight excluding hydrogens is 478 g/mol. The maximum Gasteiger partial charge on any atom is 0.408 e. The first-order valence-electron chi connectivity index (χ1n) is 9.81. The fourth-order valence-electron chi connectivity index (χ4n) is 4.00. The van der Waals surface area contributed by atoms with Crippen molar-refractivity contribution in [3.8, 4) is 22.6 Å². The van der Waals surface area contributed by atoms with E-state index in [9.17, 15) is 19.8 Å². The number of aromatic hydroxyl groups is 1. The van der Waals surface area contributed by atoms with Crippen molar-refractivity contribution < 1.29 is 29.3 Å². The van der Waals surface area contributed by atoms with Gasteiger partial charge in [0.05, 0.1) is 7.11 Å². The van der Waals surface area contributed by atoms with E-state index in [-0.39, 0.29) is 29.6 Å². The molecule has 7 nitrogen and oxygen atoms in total. The van der Waals surface area contributed by atoms with Crippen molar-refractivity contribution in [1.29, 1.82) is 0 Å². The summed E-state index contributed by atoms with van der Waals surface area (Å²) in [4.78, 5) is 24.4. The van der Waals surface area contributed by atoms with E-state index in [1.54, 1.807) is 0 Å². The zero-order valence-electron chi connectivity index (χ0n) is 17.0. The molecule has 8 heteroatoms. The van der Waals surface area contributed by atoms with Crippen molar-refractivity contribution in [3.63, 3.8) is 0 Å². The van der Waals surface area contributed by atoms with Gasteiger partial charge < -0.3 is 25.0 Å². The molecule has 1 aliphatic rings. The van der Waals surface area contributed by atoms with Gasteiger partial charge in [-0.3, -0.25) is 0 Å². The van der Waals surface area contributed by atoms with E-state index in [1.807, 2.05) is 48.5 Å². The largest absolute Gasteiger partial charge is 0.504 e. The highest BCUT2D eigenvalue weighted by atomic mass is 79.9. The molecular formula is C24H20BrNO6. The third kappa shape index (κ3) is 4.01. The smallest absolute Gasteiger partial charge is 0.408 e. The molecule has 164 valence electrons. The number of aliphatic carboxylic acids is 1. The molecule has 0 fully saturated rings. The van der Waals surface area contributed by atoms with Crippen LogP contribution in [0, 0.1) is 0 Å². The summed E-state index contributed by atoms with van der Waals surface area (Å²) in [6.07, 6.45) is -0.905. The fraction of sp³-hybridized carbons (Fsp3) is 0.167. The molecule has 0 radical (unpaired) electrons. The lowest BCUT2D eigenvalue weighted by atomic mass is 9.98. The highest BCUT2D eigenvalue weighted by molar-refractivity contribution is 9.10. The van der Waals surface area contributed by atoms with Crippen LogP contribution >= 0.6 is 15.9 Å². The Kier molecular flexibility index (Phi) is 6.05. The second-order valence-electron chi connectivity index (χ2n) is 7.29. The monoisotopic (exact) mass is 497 g/mol. The second kappa shape index (κ2) is 8.92. The SMILES string of the molecule is COc1cc(Br)cc(C(NC(=O)OCC2c3ccccc3-c3ccccc32)C(=O)O)c1O. The number of hydrogen-bond acceptors (Lipinski definition) is 5. The molecule has 3 aromatic carbocycles. The van der Waals surface area contributed by atoms with Crippen LogP contribution in [0.3, 0.4) is 0 Å². The van der Waals surface area contributed by atoms with Gasteiger partial charge >= 0.3 is 12.1 Å². The summed E-state index contributed by atoms with van der Waals surface area (Å²) in [7, 11) is 1.35. The number of fused-ring (bicyclic) bond motifs is 3. The highest BCUT2D eigenvalue weighted by Gasteiger charge is 2.31. The molecule has 0 bridgehead atoms. The van der Waals surface area contributed by atoms with Gasteiger partial charge in [0, 0.05) is 16.0 Å². The number of carboxylic acids is 1. The Labute approximate surface area is 192 Å². The van der Waals surface area contributed by atoms with Crippen LogP contribution in [-0.4, -0.2) is 36.0 Å². The van der Waals surface area contributed by atoms with E-state index in [2.05, 4.69) is 21.2 Å². The number of hydrogen-bond donors (Lipinski definition) is 3. The van der Waals surface area contributed by atoms with Gasteiger partial charge in [-0.2, -0.15) is 0 Å². The topological polar surface area (TPSA) is 105 Å². The number of alkyl carbamates (subject to hydrolysis) is 1.